The van der Waals surface area contributed by atoms with E-state index < -0.39 is 34.3 Å². The fraction of sp³-hybridized carbons (Fsp3) is 0.778. The molecule has 1 aliphatic rings. The average Bonchev–Trinajstić information content (AvgIpc) is 2.36. The lowest BCUT2D eigenvalue weighted by molar-refractivity contribution is -0.136. The lowest BCUT2D eigenvalue weighted by Crippen LogP contribution is -2.51. The summed E-state index contributed by atoms with van der Waals surface area (Å²) in [4.78, 5) is 23.0. The van der Waals surface area contributed by atoms with Crippen LogP contribution >= 0.6 is 0 Å². The number of sulfonamides is 1. The number of hydrogen-bond acceptors (Lipinski definition) is 5. The summed E-state index contributed by atoms with van der Waals surface area (Å²) in [5.74, 6) is -1.56. The summed E-state index contributed by atoms with van der Waals surface area (Å²) in [6.07, 6.45) is -0.905. The monoisotopic (exact) mass is 280 g/mol. The summed E-state index contributed by atoms with van der Waals surface area (Å²) in [7, 11) is -2.30. The maximum Gasteiger partial charge on any atom is 0.409 e. The first-order valence-corrected chi connectivity index (χ1v) is 7.00. The zero-order valence-electron chi connectivity index (χ0n) is 10.0. The Labute approximate surface area is 105 Å². The normalized spacial score (nSPS) is 17.5. The van der Waals surface area contributed by atoms with Crippen LogP contribution in [0.25, 0.3) is 0 Å². The van der Waals surface area contributed by atoms with Gasteiger partial charge in [-0.25, -0.2) is 13.2 Å². The molecule has 8 nitrogen and oxygen atoms in total. The van der Waals surface area contributed by atoms with Gasteiger partial charge in [0.05, 0.1) is 19.3 Å². The van der Waals surface area contributed by atoms with E-state index in [1.54, 1.807) is 0 Å². The molecule has 0 aromatic heterocycles. The Morgan fingerprint density at radius 2 is 1.78 bits per heavy atom. The summed E-state index contributed by atoms with van der Waals surface area (Å²) >= 11 is 0. The van der Waals surface area contributed by atoms with Crippen LogP contribution in [-0.4, -0.2) is 73.8 Å². The second-order valence-electron chi connectivity index (χ2n) is 3.82. The maximum absolute atomic E-state index is 11.8. The molecule has 1 saturated heterocycles. The Morgan fingerprint density at radius 3 is 2.22 bits per heavy atom. The van der Waals surface area contributed by atoms with Crippen LogP contribution in [0.5, 0.6) is 0 Å². The Bertz CT molecular complexity index is 413. The molecule has 0 saturated carbocycles. The van der Waals surface area contributed by atoms with Gasteiger partial charge in [-0.2, -0.15) is 4.31 Å². The molecule has 0 aromatic rings. The number of methoxy groups -OCH3 is 1. The molecule has 0 spiro atoms. The highest BCUT2D eigenvalue weighted by Crippen LogP contribution is 2.09. The first kappa shape index (κ1) is 14.7. The summed E-state index contributed by atoms with van der Waals surface area (Å²) in [5, 5.41) is 8.47. The highest BCUT2D eigenvalue weighted by Gasteiger charge is 2.29. The number of piperazine rings is 1. The van der Waals surface area contributed by atoms with Gasteiger partial charge in [-0.1, -0.05) is 0 Å². The largest absolute Gasteiger partial charge is 0.481 e. The zero-order chi connectivity index (χ0) is 13.8. The van der Waals surface area contributed by atoms with Gasteiger partial charge in [-0.3, -0.25) is 4.79 Å². The number of carboxylic acids is 1. The van der Waals surface area contributed by atoms with Crippen molar-refractivity contribution in [3.63, 3.8) is 0 Å². The van der Waals surface area contributed by atoms with E-state index in [4.69, 9.17) is 5.11 Å². The predicted molar refractivity (Wildman–Crippen MR) is 61.6 cm³/mol. The van der Waals surface area contributed by atoms with Crippen molar-refractivity contribution in [2.75, 3.05) is 39.0 Å². The van der Waals surface area contributed by atoms with E-state index in [-0.39, 0.29) is 26.2 Å². The van der Waals surface area contributed by atoms with Crippen LogP contribution < -0.4 is 0 Å². The van der Waals surface area contributed by atoms with Crippen molar-refractivity contribution in [1.29, 1.82) is 0 Å². The maximum atomic E-state index is 11.8. The number of carbonyl (C=O) groups excluding carboxylic acids is 1. The van der Waals surface area contributed by atoms with E-state index in [0.29, 0.717) is 0 Å². The fourth-order valence-electron chi connectivity index (χ4n) is 1.62. The molecule has 18 heavy (non-hydrogen) atoms. The topological polar surface area (TPSA) is 104 Å². The van der Waals surface area contributed by atoms with Crippen molar-refractivity contribution in [2.24, 2.45) is 0 Å². The van der Waals surface area contributed by atoms with Crippen LogP contribution in [0.3, 0.4) is 0 Å². The van der Waals surface area contributed by atoms with Crippen molar-refractivity contribution < 1.29 is 27.9 Å². The number of hydrogen-bond donors (Lipinski definition) is 1. The van der Waals surface area contributed by atoms with Gasteiger partial charge in [0.15, 0.2) is 0 Å². The zero-order valence-corrected chi connectivity index (χ0v) is 10.9. The van der Waals surface area contributed by atoms with E-state index in [1.165, 1.54) is 16.3 Å². The summed E-state index contributed by atoms with van der Waals surface area (Å²) in [6.45, 7) is 0.825. The molecule has 0 radical (unpaired) electrons. The van der Waals surface area contributed by atoms with E-state index in [0.717, 1.165) is 0 Å². The van der Waals surface area contributed by atoms with E-state index >= 15 is 0 Å². The van der Waals surface area contributed by atoms with Gasteiger partial charge in [0.25, 0.3) is 0 Å². The van der Waals surface area contributed by atoms with Crippen molar-refractivity contribution in [3.8, 4) is 0 Å². The van der Waals surface area contributed by atoms with Gasteiger partial charge in [-0.15, -0.1) is 0 Å². The van der Waals surface area contributed by atoms with E-state index in [2.05, 4.69) is 4.74 Å². The highest BCUT2D eigenvalue weighted by molar-refractivity contribution is 7.89. The Balaban J connectivity index is 2.51. The molecule has 104 valence electrons. The van der Waals surface area contributed by atoms with Crippen LogP contribution in [0.1, 0.15) is 6.42 Å². The Kier molecular flexibility index (Phi) is 4.91. The summed E-state index contributed by atoms with van der Waals surface area (Å²) in [6, 6.07) is 0. The number of ether oxygens (including phenoxy) is 1. The molecule has 0 atom stereocenters. The number of rotatable bonds is 4. The standard InChI is InChI=1S/C9H16N2O6S/c1-17-9(14)10-3-5-11(6-4-10)18(15,16)7-2-8(12)13/h2-7H2,1H3,(H,12,13). The number of carboxylic acid groups (broad SMARTS) is 1. The molecule has 9 heteroatoms. The van der Waals surface area contributed by atoms with Crippen molar-refractivity contribution in [3.05, 3.63) is 0 Å². The predicted octanol–water partition coefficient (Wildman–Crippen LogP) is -0.825. The van der Waals surface area contributed by atoms with Crippen molar-refractivity contribution in [1.82, 2.24) is 9.21 Å². The Morgan fingerprint density at radius 1 is 1.22 bits per heavy atom. The van der Waals surface area contributed by atoms with E-state index in [1.807, 2.05) is 0 Å². The van der Waals surface area contributed by atoms with Crippen LogP contribution in [0.15, 0.2) is 0 Å². The Hall–Kier alpha value is -1.35. The smallest absolute Gasteiger partial charge is 0.409 e. The minimum Gasteiger partial charge on any atom is -0.481 e. The molecule has 1 fully saturated rings. The molecule has 0 unspecified atom stereocenters. The molecule has 1 heterocycles. The third-order valence-corrected chi connectivity index (χ3v) is 4.51. The van der Waals surface area contributed by atoms with Crippen LogP contribution in [0, 0.1) is 0 Å². The molecule has 0 aliphatic carbocycles. The van der Waals surface area contributed by atoms with Gasteiger partial charge in [0.2, 0.25) is 10.0 Å². The minimum absolute atomic E-state index is 0.164. The summed E-state index contributed by atoms with van der Waals surface area (Å²) in [5.41, 5.74) is 0. The molecular weight excluding hydrogens is 264 g/mol. The van der Waals surface area contributed by atoms with Gasteiger partial charge in [-0.05, 0) is 0 Å². The number of aliphatic carboxylic acids is 1. The minimum atomic E-state index is -3.56. The highest BCUT2D eigenvalue weighted by atomic mass is 32.2. The first-order valence-electron chi connectivity index (χ1n) is 5.39. The molecule has 1 amide bonds. The molecule has 0 aromatic carbocycles. The second-order valence-corrected chi connectivity index (χ2v) is 5.90. The quantitative estimate of drug-likeness (QED) is 0.721. The average molecular weight is 280 g/mol. The number of nitrogens with zero attached hydrogens (tertiary/aromatic N) is 2. The van der Waals surface area contributed by atoms with Crippen LogP contribution in [0.2, 0.25) is 0 Å². The van der Waals surface area contributed by atoms with Crippen LogP contribution in [0.4, 0.5) is 4.79 Å². The third-order valence-electron chi connectivity index (χ3n) is 2.64. The third kappa shape index (κ3) is 3.84. The number of carbonyl (C=O) groups is 2. The van der Waals surface area contributed by atoms with Gasteiger partial charge >= 0.3 is 12.1 Å². The molecular formula is C9H16N2O6S. The molecule has 1 aliphatic heterocycles. The van der Waals surface area contributed by atoms with Gasteiger partial charge in [0.1, 0.15) is 0 Å². The molecule has 1 rings (SSSR count). The SMILES string of the molecule is COC(=O)N1CCN(S(=O)(=O)CCC(=O)O)CC1. The molecule has 0 bridgehead atoms. The fourth-order valence-corrected chi connectivity index (χ4v) is 3.03. The van der Waals surface area contributed by atoms with E-state index in [9.17, 15) is 18.0 Å². The lowest BCUT2D eigenvalue weighted by atomic mass is 10.4. The van der Waals surface area contributed by atoms with Gasteiger partial charge < -0.3 is 14.7 Å². The van der Waals surface area contributed by atoms with Crippen LogP contribution in [-0.2, 0) is 19.6 Å². The van der Waals surface area contributed by atoms with Crippen molar-refractivity contribution >= 4 is 22.1 Å². The first-order chi connectivity index (χ1) is 8.36. The second kappa shape index (κ2) is 6.01. The van der Waals surface area contributed by atoms with Crippen molar-refractivity contribution in [2.45, 2.75) is 6.42 Å². The summed E-state index contributed by atoms with van der Waals surface area (Å²) < 4.78 is 29.3. The number of amides is 1. The lowest BCUT2D eigenvalue weighted by Gasteiger charge is -2.32. The van der Waals surface area contributed by atoms with Gasteiger partial charge in [0, 0.05) is 26.2 Å². The molecule has 1 N–H and O–H groups in total.